The summed E-state index contributed by atoms with van der Waals surface area (Å²) in [7, 11) is 0. The monoisotopic (exact) mass is 390 g/mol. The van der Waals surface area contributed by atoms with Gasteiger partial charge in [0.2, 0.25) is 5.91 Å². The van der Waals surface area contributed by atoms with E-state index in [1.165, 1.54) is 31.5 Å². The van der Waals surface area contributed by atoms with Crippen LogP contribution in [0.25, 0.3) is 10.9 Å². The Hall–Kier alpha value is -3.33. The van der Waals surface area contributed by atoms with E-state index >= 15 is 0 Å². The van der Waals surface area contributed by atoms with Crippen LogP contribution in [0.5, 0.6) is 0 Å². The minimum absolute atomic E-state index is 0.00941. The molecule has 0 radical (unpaired) electrons. The van der Waals surface area contributed by atoms with Crippen molar-refractivity contribution in [3.05, 3.63) is 74.0 Å². The van der Waals surface area contributed by atoms with E-state index in [0.717, 1.165) is 22.8 Å². The molecule has 0 aliphatic rings. The van der Waals surface area contributed by atoms with Crippen LogP contribution in [0.15, 0.2) is 47.5 Å². The standard InChI is InChI=1S/C17H12ClFN4O4/c1-9(16(24)21-15-4-2-10(19)6-13(15)18)22-8-20-14-5-3-11(23(26)27)7-12(14)17(22)25/h2-9H,1H3,(H,21,24)/t9-/m0/s1. The molecule has 8 nitrogen and oxygen atoms in total. The summed E-state index contributed by atoms with van der Waals surface area (Å²) >= 11 is 5.88. The molecule has 0 unspecified atom stereocenters. The minimum Gasteiger partial charge on any atom is -0.323 e. The predicted molar refractivity (Wildman–Crippen MR) is 97.4 cm³/mol. The maximum atomic E-state index is 13.1. The van der Waals surface area contributed by atoms with Crippen molar-refractivity contribution in [2.24, 2.45) is 0 Å². The number of non-ortho nitro benzene ring substituents is 1. The number of hydrogen-bond acceptors (Lipinski definition) is 5. The number of rotatable bonds is 4. The molecule has 0 bridgehead atoms. The third kappa shape index (κ3) is 3.63. The number of anilines is 1. The molecule has 10 heteroatoms. The fourth-order valence-electron chi connectivity index (χ4n) is 2.47. The Balaban J connectivity index is 1.95. The molecule has 0 saturated heterocycles. The van der Waals surface area contributed by atoms with Crippen LogP contribution in [0.4, 0.5) is 15.8 Å². The summed E-state index contributed by atoms with van der Waals surface area (Å²) in [6.07, 6.45) is 1.19. The number of nitrogens with one attached hydrogen (secondary N) is 1. The average Bonchev–Trinajstić information content (AvgIpc) is 2.63. The molecule has 138 valence electrons. The van der Waals surface area contributed by atoms with Crippen molar-refractivity contribution >= 4 is 39.8 Å². The normalized spacial score (nSPS) is 12.0. The molecule has 1 heterocycles. The molecular weight excluding hydrogens is 379 g/mol. The number of nitro groups is 1. The van der Waals surface area contributed by atoms with Gasteiger partial charge in [-0.1, -0.05) is 11.6 Å². The van der Waals surface area contributed by atoms with Gasteiger partial charge in [-0.15, -0.1) is 0 Å². The number of benzene rings is 2. The highest BCUT2D eigenvalue weighted by atomic mass is 35.5. The molecule has 1 amide bonds. The lowest BCUT2D eigenvalue weighted by Gasteiger charge is -2.16. The maximum absolute atomic E-state index is 13.1. The zero-order chi connectivity index (χ0) is 19.7. The van der Waals surface area contributed by atoms with Crippen LogP contribution in [-0.4, -0.2) is 20.4 Å². The number of hydrogen-bond donors (Lipinski definition) is 1. The van der Waals surface area contributed by atoms with E-state index in [-0.39, 0.29) is 27.3 Å². The van der Waals surface area contributed by atoms with Gasteiger partial charge in [-0.25, -0.2) is 9.37 Å². The van der Waals surface area contributed by atoms with Crippen LogP contribution in [0.2, 0.25) is 5.02 Å². The number of carbonyl (C=O) groups is 1. The number of aromatic nitrogens is 2. The molecule has 27 heavy (non-hydrogen) atoms. The Kier molecular flexibility index (Phi) is 4.87. The van der Waals surface area contributed by atoms with Crippen LogP contribution in [-0.2, 0) is 4.79 Å². The van der Waals surface area contributed by atoms with Crippen molar-refractivity contribution in [2.75, 3.05) is 5.32 Å². The first-order chi connectivity index (χ1) is 12.8. The van der Waals surface area contributed by atoms with Crippen LogP contribution in [0.3, 0.4) is 0 Å². The summed E-state index contributed by atoms with van der Waals surface area (Å²) in [5.41, 5.74) is -0.394. The highest BCUT2D eigenvalue weighted by Crippen LogP contribution is 2.23. The molecule has 1 atom stereocenters. The molecule has 0 fully saturated rings. The number of nitro benzene ring substituents is 1. The molecule has 0 aliphatic carbocycles. The molecule has 1 N–H and O–H groups in total. The van der Waals surface area contributed by atoms with Crippen LogP contribution in [0, 0.1) is 15.9 Å². The SMILES string of the molecule is C[C@@H](C(=O)Nc1ccc(F)cc1Cl)n1cnc2ccc([N+](=O)[O-])cc2c1=O. The summed E-state index contributed by atoms with van der Waals surface area (Å²) in [4.78, 5) is 39.5. The number of halogens is 2. The Morgan fingerprint density at radius 3 is 2.74 bits per heavy atom. The summed E-state index contributed by atoms with van der Waals surface area (Å²) in [6.45, 7) is 1.46. The van der Waals surface area contributed by atoms with Gasteiger partial charge < -0.3 is 5.32 Å². The Morgan fingerprint density at radius 1 is 1.33 bits per heavy atom. The van der Waals surface area contributed by atoms with Crippen molar-refractivity contribution in [3.63, 3.8) is 0 Å². The van der Waals surface area contributed by atoms with E-state index in [0.29, 0.717) is 0 Å². The van der Waals surface area contributed by atoms with Gasteiger partial charge in [-0.05, 0) is 31.2 Å². The predicted octanol–water partition coefficient (Wildman–Crippen LogP) is 3.30. The molecule has 2 aromatic carbocycles. The molecular formula is C17H12ClFN4O4. The van der Waals surface area contributed by atoms with Crippen LogP contribution >= 0.6 is 11.6 Å². The molecule has 0 aliphatic heterocycles. The fourth-order valence-corrected chi connectivity index (χ4v) is 2.68. The van der Waals surface area contributed by atoms with Gasteiger partial charge in [0.15, 0.2) is 0 Å². The zero-order valence-electron chi connectivity index (χ0n) is 13.8. The first kappa shape index (κ1) is 18.5. The number of amides is 1. The van der Waals surface area contributed by atoms with E-state index in [2.05, 4.69) is 10.3 Å². The Bertz CT molecular complexity index is 1130. The number of fused-ring (bicyclic) bond motifs is 1. The number of carbonyl (C=O) groups excluding carboxylic acids is 1. The maximum Gasteiger partial charge on any atom is 0.270 e. The van der Waals surface area contributed by atoms with E-state index in [4.69, 9.17) is 11.6 Å². The van der Waals surface area contributed by atoms with Crippen LogP contribution < -0.4 is 10.9 Å². The first-order valence-corrected chi connectivity index (χ1v) is 8.07. The molecule has 3 rings (SSSR count). The molecule has 1 aromatic heterocycles. The third-order valence-electron chi connectivity index (χ3n) is 3.96. The van der Waals surface area contributed by atoms with Gasteiger partial charge >= 0.3 is 0 Å². The van der Waals surface area contributed by atoms with Crippen LogP contribution in [0.1, 0.15) is 13.0 Å². The molecule has 3 aromatic rings. The van der Waals surface area contributed by atoms with Gasteiger partial charge in [0.05, 0.1) is 32.9 Å². The summed E-state index contributed by atoms with van der Waals surface area (Å²) < 4.78 is 14.2. The summed E-state index contributed by atoms with van der Waals surface area (Å²) in [5, 5.41) is 13.5. The zero-order valence-corrected chi connectivity index (χ0v) is 14.6. The van der Waals surface area contributed by atoms with Crippen molar-refractivity contribution in [3.8, 4) is 0 Å². The summed E-state index contributed by atoms with van der Waals surface area (Å²) in [6, 6.07) is 6.21. The summed E-state index contributed by atoms with van der Waals surface area (Å²) in [5.74, 6) is -1.14. The van der Waals surface area contributed by atoms with E-state index in [9.17, 15) is 24.1 Å². The second-order valence-electron chi connectivity index (χ2n) is 5.70. The molecule has 0 saturated carbocycles. The minimum atomic E-state index is -0.991. The lowest BCUT2D eigenvalue weighted by molar-refractivity contribution is -0.384. The topological polar surface area (TPSA) is 107 Å². The lowest BCUT2D eigenvalue weighted by atomic mass is 10.2. The van der Waals surface area contributed by atoms with Gasteiger partial charge in [-0.3, -0.25) is 24.3 Å². The largest absolute Gasteiger partial charge is 0.323 e. The Labute approximate surface area is 156 Å². The van der Waals surface area contributed by atoms with E-state index < -0.39 is 28.2 Å². The Morgan fingerprint density at radius 2 is 2.07 bits per heavy atom. The van der Waals surface area contributed by atoms with Crippen molar-refractivity contribution in [1.29, 1.82) is 0 Å². The third-order valence-corrected chi connectivity index (χ3v) is 4.28. The van der Waals surface area contributed by atoms with Gasteiger partial charge in [0, 0.05) is 12.1 Å². The van der Waals surface area contributed by atoms with Gasteiger partial charge in [0.25, 0.3) is 11.2 Å². The lowest BCUT2D eigenvalue weighted by Crippen LogP contribution is -2.31. The van der Waals surface area contributed by atoms with Gasteiger partial charge in [0.1, 0.15) is 11.9 Å². The average molecular weight is 391 g/mol. The highest BCUT2D eigenvalue weighted by Gasteiger charge is 2.20. The quantitative estimate of drug-likeness (QED) is 0.543. The second kappa shape index (κ2) is 7.12. The second-order valence-corrected chi connectivity index (χ2v) is 6.11. The van der Waals surface area contributed by atoms with Crippen molar-refractivity contribution in [1.82, 2.24) is 9.55 Å². The first-order valence-electron chi connectivity index (χ1n) is 7.69. The molecule has 0 spiro atoms. The number of nitrogens with zero attached hydrogens (tertiary/aromatic N) is 3. The smallest absolute Gasteiger partial charge is 0.270 e. The van der Waals surface area contributed by atoms with Gasteiger partial charge in [-0.2, -0.15) is 0 Å². The highest BCUT2D eigenvalue weighted by molar-refractivity contribution is 6.33. The van der Waals surface area contributed by atoms with Crippen molar-refractivity contribution < 1.29 is 14.1 Å². The fraction of sp³-hybridized carbons (Fsp3) is 0.118. The van der Waals surface area contributed by atoms with Crippen molar-refractivity contribution in [2.45, 2.75) is 13.0 Å². The van der Waals surface area contributed by atoms with E-state index in [1.807, 2.05) is 0 Å². The van der Waals surface area contributed by atoms with E-state index in [1.54, 1.807) is 0 Å².